The Morgan fingerprint density at radius 3 is 2.22 bits per heavy atom. The van der Waals surface area contributed by atoms with Crippen molar-refractivity contribution < 1.29 is 4.79 Å². The maximum absolute atomic E-state index is 13.9. The molecule has 1 unspecified atom stereocenters. The van der Waals surface area contributed by atoms with E-state index in [1.165, 1.54) is 28.7 Å². The maximum Gasteiger partial charge on any atom is 0.280 e. The standard InChI is InChI=1S/C31H31N3O2/c1-3-26(25-19-18-21-12-10-11-17-24(21)20-25)32-30(35)28-27(22-13-6-4-7-14-22)29(33-34(2)31(28)36)23-15-8-5-9-16-23/h4-9,13-16,18-20,26H,3,10-12,17H2,1-2H3,(H,32,35). The van der Waals surface area contributed by atoms with E-state index < -0.39 is 5.56 Å². The van der Waals surface area contributed by atoms with Crippen LogP contribution in [-0.2, 0) is 19.9 Å². The monoisotopic (exact) mass is 477 g/mol. The lowest BCUT2D eigenvalue weighted by molar-refractivity contribution is 0.0934. The number of aromatic nitrogens is 2. The molecule has 1 heterocycles. The summed E-state index contributed by atoms with van der Waals surface area (Å²) < 4.78 is 1.27. The predicted molar refractivity (Wildman–Crippen MR) is 144 cm³/mol. The van der Waals surface area contributed by atoms with Gasteiger partial charge in [0.1, 0.15) is 5.56 Å². The van der Waals surface area contributed by atoms with Crippen molar-refractivity contribution >= 4 is 5.91 Å². The van der Waals surface area contributed by atoms with Gasteiger partial charge in [0.05, 0.1) is 11.7 Å². The first-order valence-electron chi connectivity index (χ1n) is 12.7. The minimum absolute atomic E-state index is 0.119. The highest BCUT2D eigenvalue weighted by molar-refractivity contribution is 6.03. The summed E-state index contributed by atoms with van der Waals surface area (Å²) in [5, 5.41) is 7.78. The quantitative estimate of drug-likeness (QED) is 0.377. The third-order valence-electron chi connectivity index (χ3n) is 7.07. The number of carbonyl (C=O) groups excluding carboxylic acids is 1. The zero-order valence-electron chi connectivity index (χ0n) is 20.8. The van der Waals surface area contributed by atoms with E-state index in [0.29, 0.717) is 11.3 Å². The van der Waals surface area contributed by atoms with Crippen molar-refractivity contribution in [3.05, 3.63) is 111 Å². The maximum atomic E-state index is 13.9. The van der Waals surface area contributed by atoms with Crippen molar-refractivity contribution in [2.45, 2.75) is 45.1 Å². The lowest BCUT2D eigenvalue weighted by Gasteiger charge is -2.22. The van der Waals surface area contributed by atoms with Crippen LogP contribution in [0, 0.1) is 0 Å². The molecule has 0 fully saturated rings. The number of nitrogens with one attached hydrogen (secondary N) is 1. The summed E-state index contributed by atoms with van der Waals surface area (Å²) in [4.78, 5) is 27.3. The molecule has 5 heteroatoms. The molecule has 3 aromatic carbocycles. The first kappa shape index (κ1) is 23.7. The number of carbonyl (C=O) groups is 1. The van der Waals surface area contributed by atoms with Crippen molar-refractivity contribution in [1.29, 1.82) is 0 Å². The first-order chi connectivity index (χ1) is 17.6. The number of aryl methyl sites for hydroxylation is 3. The fourth-order valence-corrected chi connectivity index (χ4v) is 5.15. The number of amides is 1. The topological polar surface area (TPSA) is 64.0 Å². The third-order valence-corrected chi connectivity index (χ3v) is 7.07. The van der Waals surface area contributed by atoms with Crippen LogP contribution in [0.2, 0.25) is 0 Å². The normalized spacial score (nSPS) is 13.6. The molecule has 36 heavy (non-hydrogen) atoms. The van der Waals surface area contributed by atoms with Gasteiger partial charge in [0, 0.05) is 18.2 Å². The highest BCUT2D eigenvalue weighted by Crippen LogP contribution is 2.32. The fraction of sp³-hybridized carbons (Fsp3) is 0.258. The van der Waals surface area contributed by atoms with Gasteiger partial charge in [0.15, 0.2) is 0 Å². The largest absolute Gasteiger partial charge is 0.345 e. The van der Waals surface area contributed by atoms with Gasteiger partial charge < -0.3 is 5.32 Å². The highest BCUT2D eigenvalue weighted by Gasteiger charge is 2.26. The van der Waals surface area contributed by atoms with Crippen LogP contribution in [0.3, 0.4) is 0 Å². The SMILES string of the molecule is CCC(NC(=O)c1c(-c2ccccc2)c(-c2ccccc2)nn(C)c1=O)c1ccc2c(c1)CCCC2. The number of nitrogens with zero attached hydrogens (tertiary/aromatic N) is 2. The molecule has 1 N–H and O–H groups in total. The van der Waals surface area contributed by atoms with Gasteiger partial charge in [-0.1, -0.05) is 85.8 Å². The molecular weight excluding hydrogens is 446 g/mol. The number of fused-ring (bicyclic) bond motifs is 1. The van der Waals surface area contributed by atoms with Crippen molar-refractivity contribution in [2.24, 2.45) is 7.05 Å². The fourth-order valence-electron chi connectivity index (χ4n) is 5.15. The van der Waals surface area contributed by atoms with Crippen molar-refractivity contribution in [3.8, 4) is 22.4 Å². The highest BCUT2D eigenvalue weighted by atomic mass is 16.2. The number of benzene rings is 3. The molecule has 1 aliphatic carbocycles. The number of hydrogen-bond acceptors (Lipinski definition) is 3. The van der Waals surface area contributed by atoms with Crippen molar-refractivity contribution in [1.82, 2.24) is 15.1 Å². The molecule has 5 nitrogen and oxygen atoms in total. The summed E-state index contributed by atoms with van der Waals surface area (Å²) in [7, 11) is 1.60. The molecule has 1 aromatic heterocycles. The molecule has 4 aromatic rings. The summed E-state index contributed by atoms with van der Waals surface area (Å²) >= 11 is 0. The van der Waals surface area contributed by atoms with E-state index in [0.717, 1.165) is 36.0 Å². The molecule has 1 amide bonds. The van der Waals surface area contributed by atoms with Gasteiger partial charge in [0.25, 0.3) is 11.5 Å². The van der Waals surface area contributed by atoms with E-state index in [-0.39, 0.29) is 17.5 Å². The van der Waals surface area contributed by atoms with Crippen LogP contribution < -0.4 is 10.9 Å². The molecule has 0 bridgehead atoms. The van der Waals surface area contributed by atoms with Gasteiger partial charge in [0.2, 0.25) is 0 Å². The van der Waals surface area contributed by atoms with Crippen LogP contribution in [0.25, 0.3) is 22.4 Å². The lowest BCUT2D eigenvalue weighted by Crippen LogP contribution is -2.36. The molecule has 0 aliphatic heterocycles. The summed E-state index contributed by atoms with van der Waals surface area (Å²) in [5.41, 5.74) is 6.38. The van der Waals surface area contributed by atoms with Crippen LogP contribution in [0.4, 0.5) is 0 Å². The molecule has 0 radical (unpaired) electrons. The van der Waals surface area contributed by atoms with E-state index in [4.69, 9.17) is 0 Å². The predicted octanol–water partition coefficient (Wildman–Crippen LogP) is 5.87. The lowest BCUT2D eigenvalue weighted by atomic mass is 9.88. The molecule has 182 valence electrons. The van der Waals surface area contributed by atoms with Gasteiger partial charge in [-0.25, -0.2) is 4.68 Å². The van der Waals surface area contributed by atoms with Gasteiger partial charge >= 0.3 is 0 Å². The smallest absolute Gasteiger partial charge is 0.280 e. The Bertz CT molecular complexity index is 1440. The Labute approximate surface area is 211 Å². The number of rotatable bonds is 6. The van der Waals surface area contributed by atoms with Crippen LogP contribution in [-0.4, -0.2) is 15.7 Å². The molecule has 0 saturated carbocycles. The van der Waals surface area contributed by atoms with E-state index in [2.05, 4.69) is 35.5 Å². The van der Waals surface area contributed by atoms with Gasteiger partial charge in [-0.3, -0.25) is 9.59 Å². The zero-order chi connectivity index (χ0) is 25.1. The van der Waals surface area contributed by atoms with Crippen LogP contribution >= 0.6 is 0 Å². The second kappa shape index (κ2) is 10.3. The Hall–Kier alpha value is -3.99. The summed E-state index contributed by atoms with van der Waals surface area (Å²) in [6.07, 6.45) is 5.36. The van der Waals surface area contributed by atoms with Gasteiger partial charge in [-0.2, -0.15) is 5.10 Å². The minimum atomic E-state index is -0.411. The Morgan fingerprint density at radius 1 is 0.917 bits per heavy atom. The summed E-state index contributed by atoms with van der Waals surface area (Å²) in [5.74, 6) is -0.376. The van der Waals surface area contributed by atoms with E-state index in [1.807, 2.05) is 60.7 Å². The third kappa shape index (κ3) is 4.61. The Morgan fingerprint density at radius 2 is 1.56 bits per heavy atom. The minimum Gasteiger partial charge on any atom is -0.345 e. The molecule has 1 aliphatic rings. The Kier molecular flexibility index (Phi) is 6.81. The molecule has 0 spiro atoms. The summed E-state index contributed by atoms with van der Waals surface area (Å²) in [6.45, 7) is 2.06. The zero-order valence-corrected chi connectivity index (χ0v) is 20.8. The number of hydrogen-bond donors (Lipinski definition) is 1. The van der Waals surface area contributed by atoms with Gasteiger partial charge in [-0.05, 0) is 54.4 Å². The van der Waals surface area contributed by atoms with E-state index >= 15 is 0 Å². The van der Waals surface area contributed by atoms with Crippen molar-refractivity contribution in [3.63, 3.8) is 0 Å². The molecule has 1 atom stereocenters. The second-order valence-corrected chi connectivity index (χ2v) is 9.43. The Balaban J connectivity index is 1.61. The second-order valence-electron chi connectivity index (χ2n) is 9.43. The van der Waals surface area contributed by atoms with Crippen molar-refractivity contribution in [2.75, 3.05) is 0 Å². The van der Waals surface area contributed by atoms with Crippen LogP contribution in [0.1, 0.15) is 59.3 Å². The van der Waals surface area contributed by atoms with Crippen LogP contribution in [0.5, 0.6) is 0 Å². The average Bonchev–Trinajstić information content (AvgIpc) is 2.93. The molecule has 5 rings (SSSR count). The average molecular weight is 478 g/mol. The van der Waals surface area contributed by atoms with Gasteiger partial charge in [-0.15, -0.1) is 0 Å². The van der Waals surface area contributed by atoms with E-state index in [1.54, 1.807) is 7.05 Å². The molecule has 0 saturated heterocycles. The van der Waals surface area contributed by atoms with E-state index in [9.17, 15) is 9.59 Å². The molecular formula is C31H31N3O2. The summed E-state index contributed by atoms with van der Waals surface area (Å²) in [6, 6.07) is 25.6. The first-order valence-corrected chi connectivity index (χ1v) is 12.7. The van der Waals surface area contributed by atoms with Crippen LogP contribution in [0.15, 0.2) is 83.7 Å².